The van der Waals surface area contributed by atoms with Crippen LogP contribution >= 0.6 is 0 Å². The van der Waals surface area contributed by atoms with Crippen LogP contribution in [-0.4, -0.2) is 23.5 Å². The lowest BCUT2D eigenvalue weighted by Gasteiger charge is -2.47. The zero-order chi connectivity index (χ0) is 14.9. The number of rotatable bonds is 3. The average molecular weight is 294 g/mol. The standard InChI is InChI=1S/C17H24F2N2/c18-13-6-7-15(19)14(12-13)16(20)17(8-2-3-9-17)21-10-4-1-5-11-21/h6-7,12,16H,1-5,8-11,20H2. The minimum atomic E-state index is -0.450. The first-order valence-corrected chi connectivity index (χ1v) is 8.09. The molecule has 3 rings (SSSR count). The lowest BCUT2D eigenvalue weighted by molar-refractivity contribution is 0.0467. The Morgan fingerprint density at radius 3 is 2.33 bits per heavy atom. The number of benzene rings is 1. The highest BCUT2D eigenvalue weighted by molar-refractivity contribution is 5.26. The largest absolute Gasteiger partial charge is 0.322 e. The summed E-state index contributed by atoms with van der Waals surface area (Å²) in [5, 5.41) is 0. The van der Waals surface area contributed by atoms with Crippen LogP contribution in [0, 0.1) is 11.6 Å². The van der Waals surface area contributed by atoms with E-state index in [0.717, 1.165) is 44.8 Å². The predicted octanol–water partition coefficient (Wildman–Crippen LogP) is 3.76. The average Bonchev–Trinajstić information content (AvgIpc) is 3.01. The maximum atomic E-state index is 14.1. The van der Waals surface area contributed by atoms with Gasteiger partial charge < -0.3 is 5.73 Å². The van der Waals surface area contributed by atoms with E-state index in [0.29, 0.717) is 5.56 Å². The van der Waals surface area contributed by atoms with Crippen molar-refractivity contribution in [2.24, 2.45) is 5.73 Å². The molecule has 2 N–H and O–H groups in total. The van der Waals surface area contributed by atoms with Crippen LogP contribution in [0.15, 0.2) is 18.2 Å². The van der Waals surface area contributed by atoms with Gasteiger partial charge in [-0.2, -0.15) is 0 Å². The van der Waals surface area contributed by atoms with Gasteiger partial charge in [-0.15, -0.1) is 0 Å². The Bertz CT molecular complexity index is 492. The number of piperidine rings is 1. The van der Waals surface area contributed by atoms with Crippen LogP contribution in [0.2, 0.25) is 0 Å². The number of likely N-dealkylation sites (tertiary alicyclic amines) is 1. The molecule has 1 aliphatic carbocycles. The minimum Gasteiger partial charge on any atom is -0.322 e. The maximum absolute atomic E-state index is 14.1. The van der Waals surface area contributed by atoms with E-state index in [1.54, 1.807) is 0 Å². The molecule has 4 heteroatoms. The molecule has 2 fully saturated rings. The molecule has 1 aliphatic heterocycles. The van der Waals surface area contributed by atoms with Gasteiger partial charge in [0.1, 0.15) is 11.6 Å². The molecule has 0 radical (unpaired) electrons. The van der Waals surface area contributed by atoms with Crippen LogP contribution in [-0.2, 0) is 0 Å². The van der Waals surface area contributed by atoms with Crippen molar-refractivity contribution < 1.29 is 8.78 Å². The molecule has 1 heterocycles. The maximum Gasteiger partial charge on any atom is 0.128 e. The van der Waals surface area contributed by atoms with Crippen LogP contribution in [0.1, 0.15) is 56.6 Å². The van der Waals surface area contributed by atoms with Crippen molar-refractivity contribution in [3.63, 3.8) is 0 Å². The second-order valence-electron chi connectivity index (χ2n) is 6.50. The molecule has 1 atom stereocenters. The van der Waals surface area contributed by atoms with Crippen LogP contribution in [0.3, 0.4) is 0 Å². The summed E-state index contributed by atoms with van der Waals surface area (Å²) in [7, 11) is 0. The molecule has 0 bridgehead atoms. The fraction of sp³-hybridized carbons (Fsp3) is 0.647. The third-order valence-electron chi connectivity index (χ3n) is 5.33. The molecule has 116 valence electrons. The first-order chi connectivity index (χ1) is 10.1. The molecule has 1 aromatic rings. The van der Waals surface area contributed by atoms with Crippen LogP contribution in [0.25, 0.3) is 0 Å². The third-order valence-corrected chi connectivity index (χ3v) is 5.33. The number of hydrogen-bond donors (Lipinski definition) is 1. The zero-order valence-electron chi connectivity index (χ0n) is 12.5. The van der Waals surface area contributed by atoms with E-state index in [4.69, 9.17) is 5.73 Å². The molecule has 2 nitrogen and oxygen atoms in total. The van der Waals surface area contributed by atoms with Gasteiger partial charge in [0.25, 0.3) is 0 Å². The first-order valence-electron chi connectivity index (χ1n) is 8.09. The van der Waals surface area contributed by atoms with Crippen molar-refractivity contribution in [3.05, 3.63) is 35.4 Å². The topological polar surface area (TPSA) is 29.3 Å². The molecule has 21 heavy (non-hydrogen) atoms. The summed E-state index contributed by atoms with van der Waals surface area (Å²) in [5.74, 6) is -0.791. The van der Waals surface area contributed by atoms with Crippen molar-refractivity contribution in [2.45, 2.75) is 56.5 Å². The third kappa shape index (κ3) is 2.71. The number of hydrogen-bond acceptors (Lipinski definition) is 2. The Hall–Kier alpha value is -1.00. The number of halogens is 2. The summed E-state index contributed by atoms with van der Waals surface area (Å²) in [6.07, 6.45) is 7.85. The van der Waals surface area contributed by atoms with E-state index in [1.807, 2.05) is 0 Å². The summed E-state index contributed by atoms with van der Waals surface area (Å²) in [6.45, 7) is 2.06. The monoisotopic (exact) mass is 294 g/mol. The smallest absolute Gasteiger partial charge is 0.128 e. The van der Waals surface area contributed by atoms with Crippen molar-refractivity contribution >= 4 is 0 Å². The van der Waals surface area contributed by atoms with Gasteiger partial charge >= 0.3 is 0 Å². The molecule has 0 amide bonds. The van der Waals surface area contributed by atoms with Crippen LogP contribution in [0.5, 0.6) is 0 Å². The normalized spacial score (nSPS) is 24.1. The molecule has 1 saturated carbocycles. The fourth-order valence-corrected chi connectivity index (χ4v) is 4.19. The predicted molar refractivity (Wildman–Crippen MR) is 79.9 cm³/mol. The van der Waals surface area contributed by atoms with E-state index in [1.165, 1.54) is 31.4 Å². The Labute approximate surface area is 125 Å². The van der Waals surface area contributed by atoms with Gasteiger partial charge in [-0.05, 0) is 57.0 Å². The van der Waals surface area contributed by atoms with E-state index in [9.17, 15) is 8.78 Å². The van der Waals surface area contributed by atoms with Gasteiger partial charge in [-0.1, -0.05) is 19.3 Å². The Morgan fingerprint density at radius 2 is 1.67 bits per heavy atom. The molecule has 1 aromatic carbocycles. The molecule has 0 spiro atoms. The van der Waals surface area contributed by atoms with E-state index < -0.39 is 11.9 Å². The summed E-state index contributed by atoms with van der Waals surface area (Å²) < 4.78 is 27.7. The highest BCUT2D eigenvalue weighted by Crippen LogP contribution is 2.45. The Kier molecular flexibility index (Phi) is 4.27. The first kappa shape index (κ1) is 14.9. The minimum absolute atomic E-state index is 0.185. The van der Waals surface area contributed by atoms with Gasteiger partial charge in [0.05, 0.1) is 6.04 Å². The second kappa shape index (κ2) is 6.01. The van der Waals surface area contributed by atoms with Gasteiger partial charge in [-0.3, -0.25) is 4.90 Å². The van der Waals surface area contributed by atoms with E-state index in [2.05, 4.69) is 4.90 Å². The molecule has 0 aromatic heterocycles. The molecule has 1 saturated heterocycles. The molecule has 2 aliphatic rings. The Balaban J connectivity index is 1.94. The highest BCUT2D eigenvalue weighted by atomic mass is 19.1. The van der Waals surface area contributed by atoms with Gasteiger partial charge in [0, 0.05) is 11.1 Å². The van der Waals surface area contributed by atoms with Gasteiger partial charge in [0.15, 0.2) is 0 Å². The van der Waals surface area contributed by atoms with E-state index >= 15 is 0 Å². The number of nitrogens with zero attached hydrogens (tertiary/aromatic N) is 1. The second-order valence-corrected chi connectivity index (χ2v) is 6.50. The lowest BCUT2D eigenvalue weighted by atomic mass is 9.81. The molecular weight excluding hydrogens is 270 g/mol. The quantitative estimate of drug-likeness (QED) is 0.919. The van der Waals surface area contributed by atoms with Crippen LogP contribution in [0.4, 0.5) is 8.78 Å². The fourth-order valence-electron chi connectivity index (χ4n) is 4.19. The molecular formula is C17H24F2N2. The molecule has 1 unspecified atom stereocenters. The zero-order valence-corrected chi connectivity index (χ0v) is 12.5. The summed E-state index contributed by atoms with van der Waals surface area (Å²) >= 11 is 0. The van der Waals surface area contributed by atoms with E-state index in [-0.39, 0.29) is 11.4 Å². The van der Waals surface area contributed by atoms with Gasteiger partial charge in [-0.25, -0.2) is 8.78 Å². The summed E-state index contributed by atoms with van der Waals surface area (Å²) in [4.78, 5) is 2.46. The summed E-state index contributed by atoms with van der Waals surface area (Å²) in [5.41, 5.74) is 6.64. The number of nitrogens with two attached hydrogens (primary N) is 1. The van der Waals surface area contributed by atoms with Gasteiger partial charge in [0.2, 0.25) is 0 Å². The van der Waals surface area contributed by atoms with Crippen molar-refractivity contribution in [1.29, 1.82) is 0 Å². The van der Waals surface area contributed by atoms with Crippen molar-refractivity contribution in [1.82, 2.24) is 4.90 Å². The van der Waals surface area contributed by atoms with Crippen molar-refractivity contribution in [2.75, 3.05) is 13.1 Å². The SMILES string of the molecule is NC(c1cc(F)ccc1F)C1(N2CCCCC2)CCCC1. The lowest BCUT2D eigenvalue weighted by Crippen LogP contribution is -2.55. The van der Waals surface area contributed by atoms with Crippen molar-refractivity contribution in [3.8, 4) is 0 Å². The van der Waals surface area contributed by atoms with Crippen LogP contribution < -0.4 is 5.73 Å². The highest BCUT2D eigenvalue weighted by Gasteiger charge is 2.45. The Morgan fingerprint density at radius 1 is 1.00 bits per heavy atom. The summed E-state index contributed by atoms with van der Waals surface area (Å²) in [6, 6.07) is 3.19.